The number of hydrogen-bond donors (Lipinski definition) is 0. The van der Waals surface area contributed by atoms with Crippen molar-refractivity contribution in [2.24, 2.45) is 0 Å². The topological polar surface area (TPSA) is 0 Å². The van der Waals surface area contributed by atoms with Crippen LogP contribution in [0.3, 0.4) is 0 Å². The summed E-state index contributed by atoms with van der Waals surface area (Å²) in [7, 11) is -1.31. The molecule has 26 heavy (non-hydrogen) atoms. The first-order valence-electron chi connectivity index (χ1n) is 8.89. The third-order valence-electron chi connectivity index (χ3n) is 5.06. The fraction of sp³-hybridized carbons (Fsp3) is 0.300. The Morgan fingerprint density at radius 1 is 0.577 bits per heavy atom. The van der Waals surface area contributed by atoms with E-state index in [0.717, 1.165) is 0 Å². The zero-order chi connectivity index (χ0) is 18.8. The number of hydrogen-bond acceptors (Lipinski definition) is 0. The molecule has 3 aromatic carbocycles. The van der Waals surface area contributed by atoms with Crippen molar-refractivity contribution in [2.75, 3.05) is 0 Å². The van der Waals surface area contributed by atoms with Gasteiger partial charge in [0.15, 0.2) is 0 Å². The number of alkyl halides is 4. The molecular formula is C20H22Cl4Si2. The lowest BCUT2D eigenvalue weighted by atomic mass is 9.89. The summed E-state index contributed by atoms with van der Waals surface area (Å²) in [5, 5.41) is 5.27. The van der Waals surface area contributed by atoms with Crippen molar-refractivity contribution in [1.82, 2.24) is 0 Å². The third kappa shape index (κ3) is 4.26. The molecule has 0 nitrogen and oxygen atoms in total. The molecule has 3 aromatic rings. The Labute approximate surface area is 179 Å². The summed E-state index contributed by atoms with van der Waals surface area (Å²) in [5.41, 5.74) is 3.58. The normalized spacial score (nSPS) is 15.4. The summed E-state index contributed by atoms with van der Waals surface area (Å²) in [6.45, 7) is 4.53. The summed E-state index contributed by atoms with van der Waals surface area (Å²) in [6, 6.07) is 17.4. The number of halogens is 4. The van der Waals surface area contributed by atoms with E-state index in [2.05, 4.69) is 62.4 Å². The highest BCUT2D eigenvalue weighted by Gasteiger charge is 2.23. The maximum atomic E-state index is 6.17. The zero-order valence-corrected chi connectivity index (χ0v) is 20.7. The SMILES string of the molecule is CC([SiH2]C(Cl)Cl)c1c2ccccc2c(C(C)[SiH2]C(Cl)Cl)c2ccccc12. The van der Waals surface area contributed by atoms with Gasteiger partial charge < -0.3 is 0 Å². The van der Waals surface area contributed by atoms with E-state index in [1.807, 2.05) is 0 Å². The van der Waals surface area contributed by atoms with Gasteiger partial charge in [-0.3, -0.25) is 0 Å². The van der Waals surface area contributed by atoms with E-state index in [-0.39, 0.29) is 8.92 Å². The maximum absolute atomic E-state index is 6.17. The summed E-state index contributed by atoms with van der Waals surface area (Å²) in [6.07, 6.45) is 0. The van der Waals surface area contributed by atoms with Gasteiger partial charge in [-0.25, -0.2) is 0 Å². The highest BCUT2D eigenvalue weighted by Crippen LogP contribution is 2.40. The van der Waals surface area contributed by atoms with Crippen molar-refractivity contribution in [3.05, 3.63) is 59.7 Å². The molecule has 0 N–H and O–H groups in total. The Balaban J connectivity index is 2.35. The molecule has 0 radical (unpaired) electrons. The van der Waals surface area contributed by atoms with Crippen LogP contribution in [-0.4, -0.2) is 28.0 Å². The van der Waals surface area contributed by atoms with Gasteiger partial charge in [-0.05, 0) is 43.8 Å². The van der Waals surface area contributed by atoms with E-state index < -0.39 is 19.0 Å². The second-order valence-corrected chi connectivity index (χ2v) is 16.6. The monoisotopic (exact) mass is 458 g/mol. The van der Waals surface area contributed by atoms with E-state index in [4.69, 9.17) is 46.4 Å². The van der Waals surface area contributed by atoms with E-state index in [1.54, 1.807) is 0 Å². The fourth-order valence-corrected chi connectivity index (χ4v) is 9.66. The first-order chi connectivity index (χ1) is 12.4. The van der Waals surface area contributed by atoms with Crippen LogP contribution in [0.5, 0.6) is 0 Å². The number of rotatable bonds is 6. The van der Waals surface area contributed by atoms with Crippen molar-refractivity contribution in [1.29, 1.82) is 0 Å². The average molecular weight is 460 g/mol. The van der Waals surface area contributed by atoms with Crippen LogP contribution in [0.4, 0.5) is 0 Å². The van der Waals surface area contributed by atoms with Crippen molar-refractivity contribution < 1.29 is 0 Å². The van der Waals surface area contributed by atoms with Gasteiger partial charge in [0.25, 0.3) is 0 Å². The van der Waals surface area contributed by atoms with Crippen LogP contribution >= 0.6 is 46.4 Å². The number of fused-ring (bicyclic) bond motifs is 2. The minimum Gasteiger partial charge on any atom is -0.110 e. The van der Waals surface area contributed by atoms with Crippen molar-refractivity contribution >= 4 is 87.0 Å². The van der Waals surface area contributed by atoms with Gasteiger partial charge in [0.05, 0.1) is 28.0 Å². The third-order valence-corrected chi connectivity index (χ3v) is 10.1. The minimum absolute atomic E-state index is 0.234. The summed E-state index contributed by atoms with van der Waals surface area (Å²) in [5.74, 6) is 0. The lowest BCUT2D eigenvalue weighted by molar-refractivity contribution is 1.07. The summed E-state index contributed by atoms with van der Waals surface area (Å²) < 4.78 is -0.469. The molecule has 0 amide bonds. The van der Waals surface area contributed by atoms with Crippen LogP contribution in [0.1, 0.15) is 36.1 Å². The van der Waals surface area contributed by atoms with Gasteiger partial charge in [0.2, 0.25) is 0 Å². The molecule has 2 unspecified atom stereocenters. The lowest BCUT2D eigenvalue weighted by Crippen LogP contribution is -2.15. The molecule has 0 spiro atoms. The van der Waals surface area contributed by atoms with Crippen molar-refractivity contribution in [2.45, 2.75) is 33.8 Å². The highest BCUT2D eigenvalue weighted by molar-refractivity contribution is 6.70. The van der Waals surface area contributed by atoms with E-state index >= 15 is 0 Å². The molecule has 0 fully saturated rings. The van der Waals surface area contributed by atoms with Gasteiger partial charge in [-0.1, -0.05) is 62.4 Å². The molecular weight excluding hydrogens is 438 g/mol. The zero-order valence-electron chi connectivity index (χ0n) is 14.9. The first-order valence-corrected chi connectivity index (χ1v) is 13.9. The Bertz CT molecular complexity index is 780. The quantitative estimate of drug-likeness (QED) is 0.241. The summed E-state index contributed by atoms with van der Waals surface area (Å²) >= 11 is 24.7. The molecule has 138 valence electrons. The van der Waals surface area contributed by atoms with E-state index in [1.165, 1.54) is 32.7 Å². The van der Waals surface area contributed by atoms with E-state index in [0.29, 0.717) is 11.1 Å². The highest BCUT2D eigenvalue weighted by atomic mass is 35.5. The molecule has 0 heterocycles. The van der Waals surface area contributed by atoms with Gasteiger partial charge >= 0.3 is 0 Å². The Hall–Kier alpha value is -0.226. The molecule has 0 saturated carbocycles. The second kappa shape index (κ2) is 8.85. The predicted octanol–water partition coefficient (Wildman–Crippen LogP) is 5.98. The van der Waals surface area contributed by atoms with Crippen LogP contribution in [-0.2, 0) is 0 Å². The van der Waals surface area contributed by atoms with E-state index in [9.17, 15) is 0 Å². The molecule has 6 heteroatoms. The maximum Gasteiger partial charge on any atom is 0.0914 e. The standard InChI is InChI=1S/C20H22Cl4Si2/c1-11(25-19(21)22)17-13-7-3-5-9-15(13)18(12(2)26-20(23)24)16-10-6-4-8-14(16)17/h3-12,19-20H,25-26H2,1-2H3. The van der Waals surface area contributed by atoms with Gasteiger partial charge in [-0.2, -0.15) is 0 Å². The Morgan fingerprint density at radius 2 is 0.846 bits per heavy atom. The smallest absolute Gasteiger partial charge is 0.0914 e. The van der Waals surface area contributed by atoms with Crippen LogP contribution in [0.2, 0.25) is 0 Å². The molecule has 0 aliphatic heterocycles. The molecule has 3 rings (SSSR count). The largest absolute Gasteiger partial charge is 0.110 e. The van der Waals surface area contributed by atoms with Crippen molar-refractivity contribution in [3.63, 3.8) is 0 Å². The molecule has 0 saturated heterocycles. The van der Waals surface area contributed by atoms with Crippen LogP contribution < -0.4 is 0 Å². The second-order valence-electron chi connectivity index (χ2n) is 6.97. The van der Waals surface area contributed by atoms with Gasteiger partial charge in [0, 0.05) is 0 Å². The molecule has 0 aliphatic carbocycles. The molecule has 2 atom stereocenters. The fourth-order valence-electron chi connectivity index (χ4n) is 4.03. The predicted molar refractivity (Wildman–Crippen MR) is 126 cm³/mol. The van der Waals surface area contributed by atoms with Gasteiger partial charge in [0.1, 0.15) is 0 Å². The van der Waals surface area contributed by atoms with Crippen LogP contribution in [0.25, 0.3) is 21.5 Å². The average Bonchev–Trinajstić information content (AvgIpc) is 2.57. The van der Waals surface area contributed by atoms with Crippen molar-refractivity contribution in [3.8, 4) is 0 Å². The van der Waals surface area contributed by atoms with Gasteiger partial charge in [-0.15, -0.1) is 46.4 Å². The Morgan fingerprint density at radius 3 is 1.08 bits per heavy atom. The molecule has 0 aliphatic rings. The van der Waals surface area contributed by atoms with Crippen LogP contribution in [0, 0.1) is 0 Å². The Kier molecular flexibility index (Phi) is 6.98. The first kappa shape index (κ1) is 20.5. The number of benzene rings is 3. The lowest BCUT2D eigenvalue weighted by Gasteiger charge is -2.24. The van der Waals surface area contributed by atoms with Crippen LogP contribution in [0.15, 0.2) is 48.5 Å². The molecule has 0 bridgehead atoms. The molecule has 0 aromatic heterocycles. The summed E-state index contributed by atoms with van der Waals surface area (Å²) in [4.78, 5) is 0. The minimum atomic E-state index is -0.657.